The lowest BCUT2D eigenvalue weighted by Gasteiger charge is -2.18. The number of carbonyl (C=O) groups is 3. The maximum absolute atomic E-state index is 12.7. The van der Waals surface area contributed by atoms with E-state index in [0.29, 0.717) is 19.3 Å². The minimum Gasteiger partial charge on any atom is -0.462 e. The predicted molar refractivity (Wildman–Crippen MR) is 256 cm³/mol. The van der Waals surface area contributed by atoms with Crippen molar-refractivity contribution in [1.82, 2.24) is 0 Å². The molecule has 0 aliphatic heterocycles. The molecule has 0 saturated carbocycles. The number of esters is 3. The van der Waals surface area contributed by atoms with Crippen LogP contribution in [-0.4, -0.2) is 37.2 Å². The Bertz CT molecular complexity index is 1100. The van der Waals surface area contributed by atoms with Gasteiger partial charge in [-0.15, -0.1) is 0 Å². The summed E-state index contributed by atoms with van der Waals surface area (Å²) in [6.45, 7) is 6.48. The van der Waals surface area contributed by atoms with Crippen molar-refractivity contribution in [2.75, 3.05) is 13.2 Å². The molecular weight excluding hydrogens is 745 g/mol. The topological polar surface area (TPSA) is 78.9 Å². The molecule has 0 aliphatic carbocycles. The summed E-state index contributed by atoms with van der Waals surface area (Å²) in [4.78, 5) is 37.9. The van der Waals surface area contributed by atoms with E-state index in [1.807, 2.05) is 0 Å². The second-order valence-electron chi connectivity index (χ2n) is 16.8. The van der Waals surface area contributed by atoms with Crippen molar-refractivity contribution in [1.29, 1.82) is 0 Å². The van der Waals surface area contributed by atoms with E-state index < -0.39 is 6.10 Å². The van der Waals surface area contributed by atoms with E-state index in [0.717, 1.165) is 109 Å². The SMILES string of the molecule is CC/C=C\C/C=C\CCCCCCCC(=O)OC(COC(=O)CCCCCCC\C=C/C=C\C=C/CCCCCCC)COC(=O)CCCCCCCCCCCCCC. The fourth-order valence-corrected chi connectivity index (χ4v) is 7.01. The molecule has 1 unspecified atom stereocenters. The van der Waals surface area contributed by atoms with Gasteiger partial charge in [0.15, 0.2) is 6.10 Å². The zero-order valence-electron chi connectivity index (χ0n) is 39.5. The summed E-state index contributed by atoms with van der Waals surface area (Å²) in [5.41, 5.74) is 0. The van der Waals surface area contributed by atoms with Crippen LogP contribution >= 0.6 is 0 Å². The first kappa shape index (κ1) is 57.1. The molecule has 0 heterocycles. The normalized spacial score (nSPS) is 12.5. The molecule has 6 heteroatoms. The van der Waals surface area contributed by atoms with E-state index in [1.54, 1.807) is 0 Å². The highest BCUT2D eigenvalue weighted by atomic mass is 16.6. The molecule has 0 rings (SSSR count). The molecule has 0 aromatic carbocycles. The average molecular weight is 839 g/mol. The van der Waals surface area contributed by atoms with Gasteiger partial charge in [-0.05, 0) is 70.6 Å². The highest BCUT2D eigenvalue weighted by molar-refractivity contribution is 5.71. The third kappa shape index (κ3) is 46.2. The Kier molecular flexibility index (Phi) is 46.4. The Balaban J connectivity index is 4.40. The molecule has 0 fully saturated rings. The molecule has 1 atom stereocenters. The fourth-order valence-electron chi connectivity index (χ4n) is 7.01. The van der Waals surface area contributed by atoms with Gasteiger partial charge >= 0.3 is 17.9 Å². The molecule has 0 aromatic rings. The van der Waals surface area contributed by atoms with Crippen molar-refractivity contribution in [3.05, 3.63) is 60.8 Å². The molecule has 0 spiro atoms. The van der Waals surface area contributed by atoms with Crippen LogP contribution in [0, 0.1) is 0 Å². The van der Waals surface area contributed by atoms with Gasteiger partial charge in [0.25, 0.3) is 0 Å². The monoisotopic (exact) mass is 839 g/mol. The third-order valence-corrected chi connectivity index (χ3v) is 10.8. The van der Waals surface area contributed by atoms with E-state index in [9.17, 15) is 14.4 Å². The zero-order chi connectivity index (χ0) is 43.7. The number of unbranched alkanes of at least 4 members (excludes halogenated alkanes) is 26. The van der Waals surface area contributed by atoms with Crippen LogP contribution in [0.25, 0.3) is 0 Å². The first-order valence-electron chi connectivity index (χ1n) is 25.3. The van der Waals surface area contributed by atoms with E-state index in [4.69, 9.17) is 14.2 Å². The lowest BCUT2D eigenvalue weighted by Crippen LogP contribution is -2.30. The Morgan fingerprint density at radius 1 is 0.367 bits per heavy atom. The van der Waals surface area contributed by atoms with E-state index >= 15 is 0 Å². The summed E-state index contributed by atoms with van der Waals surface area (Å²) in [7, 11) is 0. The number of ether oxygens (including phenoxy) is 3. The molecule has 60 heavy (non-hydrogen) atoms. The van der Waals surface area contributed by atoms with Crippen molar-refractivity contribution in [3.63, 3.8) is 0 Å². The second-order valence-corrected chi connectivity index (χ2v) is 16.8. The Hall–Kier alpha value is -2.89. The maximum atomic E-state index is 12.7. The maximum Gasteiger partial charge on any atom is 0.306 e. The highest BCUT2D eigenvalue weighted by Gasteiger charge is 2.19. The van der Waals surface area contributed by atoms with E-state index in [2.05, 4.69) is 81.5 Å². The number of hydrogen-bond acceptors (Lipinski definition) is 6. The Labute approximate surface area is 370 Å². The smallest absolute Gasteiger partial charge is 0.306 e. The van der Waals surface area contributed by atoms with Crippen LogP contribution in [0.3, 0.4) is 0 Å². The molecule has 6 nitrogen and oxygen atoms in total. The van der Waals surface area contributed by atoms with Gasteiger partial charge in [-0.3, -0.25) is 14.4 Å². The average Bonchev–Trinajstić information content (AvgIpc) is 3.24. The molecule has 0 aromatic heterocycles. The van der Waals surface area contributed by atoms with Crippen molar-refractivity contribution >= 4 is 17.9 Å². The summed E-state index contributed by atoms with van der Waals surface area (Å²) in [5.74, 6) is -0.918. The Morgan fingerprint density at radius 2 is 0.717 bits per heavy atom. The van der Waals surface area contributed by atoms with E-state index in [-0.39, 0.29) is 31.1 Å². The van der Waals surface area contributed by atoms with E-state index in [1.165, 1.54) is 96.3 Å². The summed E-state index contributed by atoms with van der Waals surface area (Å²) >= 11 is 0. The Morgan fingerprint density at radius 3 is 1.13 bits per heavy atom. The predicted octanol–water partition coefficient (Wildman–Crippen LogP) is 16.5. The third-order valence-electron chi connectivity index (χ3n) is 10.8. The fraction of sp³-hybridized carbons (Fsp3) is 0.759. The standard InChI is InChI=1S/C54H94O6/c1-4-7-10-13-16-19-22-25-26-27-28-29-30-33-35-38-41-44-47-53(56)59-50-51(60-54(57)48-45-42-39-36-32-24-21-18-15-12-9-6-3)49-58-52(55)46-43-40-37-34-31-23-20-17-14-11-8-5-2/h9,12,18,21-22,25-29,51H,4-8,10-11,13-17,19-20,23-24,30-50H2,1-3H3/b12-9-,21-18-,25-22-,27-26-,29-28-. The first-order valence-corrected chi connectivity index (χ1v) is 25.3. The van der Waals surface area contributed by atoms with Gasteiger partial charge in [-0.2, -0.15) is 0 Å². The lowest BCUT2D eigenvalue weighted by atomic mass is 10.0. The van der Waals surface area contributed by atoms with Gasteiger partial charge in [-0.1, -0.05) is 216 Å². The van der Waals surface area contributed by atoms with Crippen LogP contribution in [-0.2, 0) is 28.6 Å². The van der Waals surface area contributed by atoms with Crippen molar-refractivity contribution in [3.8, 4) is 0 Å². The summed E-state index contributed by atoms with van der Waals surface area (Å²) in [6.07, 6.45) is 59.1. The van der Waals surface area contributed by atoms with Gasteiger partial charge in [0, 0.05) is 19.3 Å². The quantitative estimate of drug-likeness (QED) is 0.0200. The molecule has 0 radical (unpaired) electrons. The highest BCUT2D eigenvalue weighted by Crippen LogP contribution is 2.14. The van der Waals surface area contributed by atoms with Gasteiger partial charge in [-0.25, -0.2) is 0 Å². The summed E-state index contributed by atoms with van der Waals surface area (Å²) in [6, 6.07) is 0. The second kappa shape index (κ2) is 48.8. The molecule has 0 N–H and O–H groups in total. The number of carbonyl (C=O) groups excluding carboxylic acids is 3. The van der Waals surface area contributed by atoms with Gasteiger partial charge < -0.3 is 14.2 Å². The minimum absolute atomic E-state index is 0.0853. The zero-order valence-corrected chi connectivity index (χ0v) is 39.5. The summed E-state index contributed by atoms with van der Waals surface area (Å²) < 4.78 is 16.7. The largest absolute Gasteiger partial charge is 0.462 e. The first-order chi connectivity index (χ1) is 29.5. The molecule has 0 amide bonds. The van der Waals surface area contributed by atoms with Gasteiger partial charge in [0.05, 0.1) is 0 Å². The van der Waals surface area contributed by atoms with Crippen LogP contribution in [0.2, 0.25) is 0 Å². The van der Waals surface area contributed by atoms with Crippen LogP contribution in [0.5, 0.6) is 0 Å². The van der Waals surface area contributed by atoms with Gasteiger partial charge in [0.2, 0.25) is 0 Å². The number of allylic oxidation sites excluding steroid dienone is 10. The van der Waals surface area contributed by atoms with Crippen molar-refractivity contribution in [2.24, 2.45) is 0 Å². The van der Waals surface area contributed by atoms with Crippen molar-refractivity contribution < 1.29 is 28.6 Å². The molecule has 0 bridgehead atoms. The van der Waals surface area contributed by atoms with Crippen LogP contribution in [0.15, 0.2) is 60.8 Å². The van der Waals surface area contributed by atoms with Crippen LogP contribution in [0.1, 0.15) is 245 Å². The molecule has 0 saturated heterocycles. The van der Waals surface area contributed by atoms with Crippen LogP contribution < -0.4 is 0 Å². The number of hydrogen-bond donors (Lipinski definition) is 0. The minimum atomic E-state index is -0.787. The van der Waals surface area contributed by atoms with Gasteiger partial charge in [0.1, 0.15) is 13.2 Å². The number of rotatable bonds is 45. The molecule has 346 valence electrons. The van der Waals surface area contributed by atoms with Crippen LogP contribution in [0.4, 0.5) is 0 Å². The molecule has 0 aliphatic rings. The summed E-state index contributed by atoms with van der Waals surface area (Å²) in [5, 5.41) is 0. The molecular formula is C54H94O6. The van der Waals surface area contributed by atoms with Crippen molar-refractivity contribution in [2.45, 2.75) is 252 Å². The lowest BCUT2D eigenvalue weighted by molar-refractivity contribution is -0.167.